The molecular formula is C25H20N2. The van der Waals surface area contributed by atoms with Gasteiger partial charge in [-0.25, -0.2) is 0 Å². The largest absolute Gasteiger partial charge is 0.355 e. The minimum absolute atomic E-state index is 1.15. The van der Waals surface area contributed by atoms with Crippen LogP contribution in [0.5, 0.6) is 0 Å². The molecule has 0 amide bonds. The van der Waals surface area contributed by atoms with E-state index >= 15 is 0 Å². The Morgan fingerprint density at radius 2 is 1.11 bits per heavy atom. The van der Waals surface area contributed by atoms with Crippen molar-refractivity contribution in [1.29, 1.82) is 0 Å². The molecule has 2 heteroatoms. The van der Waals surface area contributed by atoms with E-state index in [9.17, 15) is 0 Å². The number of hydrogen-bond acceptors (Lipinski definition) is 1. The van der Waals surface area contributed by atoms with Crippen LogP contribution < -0.4 is 4.90 Å². The van der Waals surface area contributed by atoms with Crippen LogP contribution in [0.25, 0.3) is 21.8 Å². The highest BCUT2D eigenvalue weighted by atomic mass is 15.1. The van der Waals surface area contributed by atoms with Crippen LogP contribution in [0.2, 0.25) is 0 Å². The van der Waals surface area contributed by atoms with Crippen LogP contribution in [0.1, 0.15) is 5.56 Å². The Labute approximate surface area is 158 Å². The van der Waals surface area contributed by atoms with Crippen LogP contribution in [0, 0.1) is 6.92 Å². The molecule has 0 spiro atoms. The number of fused-ring (bicyclic) bond motifs is 3. The molecule has 0 bridgehead atoms. The first-order valence-corrected chi connectivity index (χ1v) is 9.22. The Kier molecular flexibility index (Phi) is 3.68. The third kappa shape index (κ3) is 2.76. The fourth-order valence-electron chi connectivity index (χ4n) is 3.74. The van der Waals surface area contributed by atoms with Crippen molar-refractivity contribution in [3.63, 3.8) is 0 Å². The molecule has 5 rings (SSSR count). The Hall–Kier alpha value is -3.52. The number of hydrogen-bond donors (Lipinski definition) is 1. The maximum Gasteiger partial charge on any atom is 0.0469 e. The molecule has 0 aliphatic rings. The van der Waals surface area contributed by atoms with Gasteiger partial charge in [-0.05, 0) is 61.5 Å². The van der Waals surface area contributed by atoms with Crippen LogP contribution in [-0.2, 0) is 0 Å². The summed E-state index contributed by atoms with van der Waals surface area (Å²) < 4.78 is 0. The third-order valence-electron chi connectivity index (χ3n) is 5.02. The second-order valence-electron chi connectivity index (χ2n) is 6.91. The zero-order valence-electron chi connectivity index (χ0n) is 15.2. The SMILES string of the molecule is Cc1ccc2[nH]c3ccc(N(c4ccccc4)c4ccccc4)cc3c2c1. The van der Waals surface area contributed by atoms with Crippen molar-refractivity contribution in [3.05, 3.63) is 103 Å². The summed E-state index contributed by atoms with van der Waals surface area (Å²) in [7, 11) is 0. The van der Waals surface area contributed by atoms with Crippen molar-refractivity contribution in [1.82, 2.24) is 4.98 Å². The van der Waals surface area contributed by atoms with E-state index in [4.69, 9.17) is 0 Å². The molecule has 0 aliphatic heterocycles. The van der Waals surface area contributed by atoms with E-state index in [0.717, 1.165) is 17.1 Å². The minimum atomic E-state index is 1.15. The van der Waals surface area contributed by atoms with Crippen molar-refractivity contribution in [2.45, 2.75) is 6.92 Å². The quantitative estimate of drug-likeness (QED) is 0.368. The molecule has 0 atom stereocenters. The highest BCUT2D eigenvalue weighted by Gasteiger charge is 2.13. The van der Waals surface area contributed by atoms with Gasteiger partial charge in [-0.3, -0.25) is 0 Å². The van der Waals surface area contributed by atoms with E-state index in [2.05, 4.69) is 114 Å². The summed E-state index contributed by atoms with van der Waals surface area (Å²) in [5.74, 6) is 0. The molecule has 1 aromatic heterocycles. The van der Waals surface area contributed by atoms with Crippen LogP contribution in [0.15, 0.2) is 97.1 Å². The lowest BCUT2D eigenvalue weighted by Gasteiger charge is -2.25. The lowest BCUT2D eigenvalue weighted by atomic mass is 10.1. The van der Waals surface area contributed by atoms with Gasteiger partial charge in [0.25, 0.3) is 0 Å². The first-order valence-electron chi connectivity index (χ1n) is 9.22. The molecule has 1 N–H and O–H groups in total. The molecule has 0 unspecified atom stereocenters. The number of aromatic amines is 1. The number of benzene rings is 4. The molecule has 0 fully saturated rings. The Morgan fingerprint density at radius 1 is 0.556 bits per heavy atom. The van der Waals surface area contributed by atoms with E-state index in [1.54, 1.807) is 0 Å². The van der Waals surface area contributed by atoms with Gasteiger partial charge >= 0.3 is 0 Å². The standard InChI is InChI=1S/C25H20N2/c1-18-12-14-24-22(16-18)23-17-21(13-15-25(23)26-24)27(19-8-4-2-5-9-19)20-10-6-3-7-11-20/h2-17,26H,1H3. The summed E-state index contributed by atoms with van der Waals surface area (Å²) in [6.45, 7) is 2.14. The van der Waals surface area contributed by atoms with Crippen molar-refractivity contribution >= 4 is 38.9 Å². The van der Waals surface area contributed by atoms with Crippen LogP contribution >= 0.6 is 0 Å². The number of nitrogens with zero attached hydrogens (tertiary/aromatic N) is 1. The normalized spacial score (nSPS) is 11.1. The van der Waals surface area contributed by atoms with Crippen LogP contribution in [0.4, 0.5) is 17.1 Å². The number of H-pyrrole nitrogens is 1. The molecule has 0 saturated heterocycles. The summed E-state index contributed by atoms with van der Waals surface area (Å²) in [6.07, 6.45) is 0. The highest BCUT2D eigenvalue weighted by molar-refractivity contribution is 6.09. The summed E-state index contributed by atoms with van der Waals surface area (Å²) in [6, 6.07) is 34.3. The van der Waals surface area contributed by atoms with E-state index in [1.807, 2.05) is 0 Å². The topological polar surface area (TPSA) is 19.0 Å². The first kappa shape index (κ1) is 15.7. The fourth-order valence-corrected chi connectivity index (χ4v) is 3.74. The lowest BCUT2D eigenvalue weighted by molar-refractivity contribution is 1.29. The van der Waals surface area contributed by atoms with E-state index in [1.165, 1.54) is 27.4 Å². The minimum Gasteiger partial charge on any atom is -0.355 e. The molecule has 130 valence electrons. The number of aryl methyl sites for hydroxylation is 1. The van der Waals surface area contributed by atoms with Gasteiger partial charge in [-0.1, -0.05) is 48.0 Å². The second-order valence-corrected chi connectivity index (χ2v) is 6.91. The monoisotopic (exact) mass is 348 g/mol. The molecule has 4 aromatic carbocycles. The zero-order chi connectivity index (χ0) is 18.2. The molecule has 27 heavy (non-hydrogen) atoms. The predicted octanol–water partition coefficient (Wildman–Crippen LogP) is 7.10. The highest BCUT2D eigenvalue weighted by Crippen LogP contribution is 2.37. The molecule has 0 aliphatic carbocycles. The summed E-state index contributed by atoms with van der Waals surface area (Å²) >= 11 is 0. The van der Waals surface area contributed by atoms with Gasteiger partial charge < -0.3 is 9.88 Å². The molecule has 0 saturated carbocycles. The summed E-state index contributed by atoms with van der Waals surface area (Å²) in [5, 5.41) is 2.52. The zero-order valence-corrected chi connectivity index (χ0v) is 15.2. The number of rotatable bonds is 3. The third-order valence-corrected chi connectivity index (χ3v) is 5.02. The maximum absolute atomic E-state index is 3.53. The van der Waals surface area contributed by atoms with Gasteiger partial charge in [0, 0.05) is 38.9 Å². The molecule has 0 radical (unpaired) electrons. The lowest BCUT2D eigenvalue weighted by Crippen LogP contribution is -2.09. The molecular weight excluding hydrogens is 328 g/mol. The number of anilines is 3. The Bertz CT molecular complexity index is 1180. The maximum atomic E-state index is 3.53. The van der Waals surface area contributed by atoms with Gasteiger partial charge in [0.15, 0.2) is 0 Å². The molecule has 2 nitrogen and oxygen atoms in total. The van der Waals surface area contributed by atoms with E-state index in [0.29, 0.717) is 0 Å². The smallest absolute Gasteiger partial charge is 0.0469 e. The number of para-hydroxylation sites is 2. The molecule has 1 heterocycles. The van der Waals surface area contributed by atoms with Crippen molar-refractivity contribution in [2.24, 2.45) is 0 Å². The van der Waals surface area contributed by atoms with Crippen molar-refractivity contribution in [2.75, 3.05) is 4.90 Å². The average Bonchev–Trinajstić information content (AvgIpc) is 3.07. The average molecular weight is 348 g/mol. The van der Waals surface area contributed by atoms with Crippen LogP contribution in [0.3, 0.4) is 0 Å². The van der Waals surface area contributed by atoms with E-state index in [-0.39, 0.29) is 0 Å². The first-order chi connectivity index (χ1) is 13.3. The van der Waals surface area contributed by atoms with Crippen LogP contribution in [-0.4, -0.2) is 4.98 Å². The fraction of sp³-hybridized carbons (Fsp3) is 0.0400. The number of nitrogens with one attached hydrogen (secondary N) is 1. The summed E-state index contributed by atoms with van der Waals surface area (Å²) in [5.41, 5.74) is 7.08. The van der Waals surface area contributed by atoms with E-state index < -0.39 is 0 Å². The summed E-state index contributed by atoms with van der Waals surface area (Å²) in [4.78, 5) is 5.83. The van der Waals surface area contributed by atoms with Crippen molar-refractivity contribution < 1.29 is 0 Å². The van der Waals surface area contributed by atoms with Gasteiger partial charge in [-0.15, -0.1) is 0 Å². The Balaban J connectivity index is 1.75. The van der Waals surface area contributed by atoms with Gasteiger partial charge in [0.1, 0.15) is 0 Å². The van der Waals surface area contributed by atoms with Gasteiger partial charge in [0.05, 0.1) is 0 Å². The van der Waals surface area contributed by atoms with Gasteiger partial charge in [0.2, 0.25) is 0 Å². The number of aromatic nitrogens is 1. The van der Waals surface area contributed by atoms with Gasteiger partial charge in [-0.2, -0.15) is 0 Å². The molecule has 5 aromatic rings. The Morgan fingerprint density at radius 3 is 1.74 bits per heavy atom. The second kappa shape index (κ2) is 6.33. The predicted molar refractivity (Wildman–Crippen MR) is 115 cm³/mol. The van der Waals surface area contributed by atoms with Crippen molar-refractivity contribution in [3.8, 4) is 0 Å².